The average Bonchev–Trinajstić information content (AvgIpc) is 2.82. The zero-order valence-electron chi connectivity index (χ0n) is 19.2. The lowest BCUT2D eigenvalue weighted by atomic mass is 9.92. The van der Waals surface area contributed by atoms with E-state index in [4.69, 9.17) is 20.5 Å². The summed E-state index contributed by atoms with van der Waals surface area (Å²) in [5, 5.41) is 21.2. The van der Waals surface area contributed by atoms with Crippen LogP contribution in [-0.4, -0.2) is 54.8 Å². The van der Waals surface area contributed by atoms with Gasteiger partial charge in [-0.15, -0.1) is 0 Å². The van der Waals surface area contributed by atoms with Crippen molar-refractivity contribution < 1.29 is 4.74 Å². The molecule has 0 unspecified atom stereocenters. The lowest BCUT2D eigenvalue weighted by molar-refractivity contribution is 0.0534. The number of anilines is 1. The Balaban J connectivity index is 1.59. The molecule has 170 valence electrons. The predicted molar refractivity (Wildman–Crippen MR) is 133 cm³/mol. The second-order valence-corrected chi connectivity index (χ2v) is 9.10. The third-order valence-corrected chi connectivity index (χ3v) is 6.71. The Hall–Kier alpha value is -2.57. The number of pyridine rings is 1. The molecule has 2 heterocycles. The molecule has 0 amide bonds. The van der Waals surface area contributed by atoms with E-state index in [9.17, 15) is 0 Å². The number of rotatable bonds is 7. The van der Waals surface area contributed by atoms with Gasteiger partial charge in [-0.2, -0.15) is 0 Å². The zero-order chi connectivity index (χ0) is 22.5. The Bertz CT molecular complexity index is 995. The number of hydrogen-bond donors (Lipinski definition) is 3. The summed E-state index contributed by atoms with van der Waals surface area (Å²) in [6.45, 7) is 3.35. The first-order valence-electron chi connectivity index (χ1n) is 11.8. The fourth-order valence-electron chi connectivity index (χ4n) is 4.95. The summed E-state index contributed by atoms with van der Waals surface area (Å²) in [7, 11) is 1.80. The number of nitrogens with one attached hydrogen (secondary N) is 3. The van der Waals surface area contributed by atoms with Gasteiger partial charge < -0.3 is 25.8 Å². The van der Waals surface area contributed by atoms with Gasteiger partial charge in [0.2, 0.25) is 0 Å². The van der Waals surface area contributed by atoms with Crippen LogP contribution in [0.25, 0.3) is 10.9 Å². The number of hydrogen-bond acceptors (Lipinski definition) is 6. The average molecular weight is 434 g/mol. The van der Waals surface area contributed by atoms with Gasteiger partial charge in [0.05, 0.1) is 17.3 Å². The van der Waals surface area contributed by atoms with Crippen LogP contribution in [0.3, 0.4) is 0 Å². The van der Waals surface area contributed by atoms with Crippen LogP contribution in [0.15, 0.2) is 42.5 Å². The van der Waals surface area contributed by atoms with Gasteiger partial charge in [0.15, 0.2) is 0 Å². The number of aromatic nitrogens is 1. The second-order valence-electron chi connectivity index (χ2n) is 9.10. The van der Waals surface area contributed by atoms with E-state index in [1.54, 1.807) is 26.2 Å². The maximum Gasteiger partial charge on any atom is 0.138 e. The quantitative estimate of drug-likeness (QED) is 0.552. The van der Waals surface area contributed by atoms with Crippen molar-refractivity contribution in [2.45, 2.75) is 63.6 Å². The van der Waals surface area contributed by atoms with E-state index >= 15 is 0 Å². The Morgan fingerprint density at radius 3 is 2.66 bits per heavy atom. The van der Waals surface area contributed by atoms with Crippen LogP contribution in [0, 0.1) is 10.8 Å². The van der Waals surface area contributed by atoms with Crippen LogP contribution in [0.2, 0.25) is 0 Å². The first-order valence-corrected chi connectivity index (χ1v) is 11.8. The molecular weight excluding hydrogens is 398 g/mol. The summed E-state index contributed by atoms with van der Waals surface area (Å²) in [5.74, 6) is 0.833. The van der Waals surface area contributed by atoms with Crippen LogP contribution in [0.1, 0.15) is 51.0 Å². The highest BCUT2D eigenvalue weighted by Crippen LogP contribution is 2.28. The summed E-state index contributed by atoms with van der Waals surface area (Å²) in [4.78, 5) is 7.25. The third-order valence-electron chi connectivity index (χ3n) is 6.71. The van der Waals surface area contributed by atoms with Crippen LogP contribution in [0.5, 0.6) is 0 Å². The monoisotopic (exact) mass is 433 g/mol. The molecule has 2 fully saturated rings. The van der Waals surface area contributed by atoms with E-state index in [1.807, 2.05) is 24.3 Å². The van der Waals surface area contributed by atoms with Crippen molar-refractivity contribution in [1.82, 2.24) is 10.3 Å². The highest BCUT2D eigenvalue weighted by Gasteiger charge is 2.32. The van der Waals surface area contributed by atoms with Gasteiger partial charge in [-0.3, -0.25) is 0 Å². The molecule has 1 aromatic heterocycles. The van der Waals surface area contributed by atoms with Gasteiger partial charge in [0, 0.05) is 48.9 Å². The normalized spacial score (nSPS) is 22.5. The van der Waals surface area contributed by atoms with Gasteiger partial charge in [-0.05, 0) is 50.5 Å². The van der Waals surface area contributed by atoms with E-state index in [-0.39, 0.29) is 6.10 Å². The number of methoxy groups -OCH3 is 1. The smallest absolute Gasteiger partial charge is 0.138 e. The molecule has 1 saturated carbocycles. The minimum Gasteiger partial charge on any atom is -0.378 e. The molecule has 3 N–H and O–H groups in total. The van der Waals surface area contributed by atoms with Crippen molar-refractivity contribution in [2.75, 3.05) is 25.1 Å². The van der Waals surface area contributed by atoms with E-state index in [0.717, 1.165) is 41.8 Å². The molecule has 1 saturated heterocycles. The van der Waals surface area contributed by atoms with Crippen LogP contribution in [-0.2, 0) is 4.74 Å². The maximum absolute atomic E-state index is 8.67. The summed E-state index contributed by atoms with van der Waals surface area (Å²) in [5.41, 5.74) is 2.54. The number of ether oxygens (including phenoxy) is 1. The van der Waals surface area contributed by atoms with E-state index < -0.39 is 0 Å². The van der Waals surface area contributed by atoms with Crippen molar-refractivity contribution in [3.8, 4) is 0 Å². The van der Waals surface area contributed by atoms with E-state index in [2.05, 4.69) is 16.3 Å². The largest absolute Gasteiger partial charge is 0.378 e. The van der Waals surface area contributed by atoms with Crippen molar-refractivity contribution in [3.63, 3.8) is 0 Å². The number of para-hydroxylation sites is 1. The lowest BCUT2D eigenvalue weighted by Gasteiger charge is -2.41. The predicted octanol–water partition coefficient (Wildman–Crippen LogP) is 4.71. The van der Waals surface area contributed by atoms with E-state index in [0.29, 0.717) is 23.5 Å². The van der Waals surface area contributed by atoms with Crippen molar-refractivity contribution in [2.24, 2.45) is 0 Å². The van der Waals surface area contributed by atoms with Crippen LogP contribution >= 0.6 is 0 Å². The van der Waals surface area contributed by atoms with Gasteiger partial charge in [-0.25, -0.2) is 4.98 Å². The molecule has 1 aliphatic heterocycles. The number of fused-ring (bicyclic) bond motifs is 1. The highest BCUT2D eigenvalue weighted by atomic mass is 16.5. The van der Waals surface area contributed by atoms with Crippen molar-refractivity contribution in [3.05, 3.63) is 48.0 Å². The molecule has 2 aromatic rings. The lowest BCUT2D eigenvalue weighted by Crippen LogP contribution is -2.56. The second kappa shape index (κ2) is 10.4. The number of nitrogens with zero attached hydrogens (tertiary/aromatic N) is 2. The molecule has 0 radical (unpaired) electrons. The molecule has 6 nitrogen and oxygen atoms in total. The Morgan fingerprint density at radius 1 is 1.12 bits per heavy atom. The molecule has 6 heteroatoms. The standard InChI is InChI=1S/C26H35N5O/c1-18(27)12-13-22(28)21-16-19-8-6-7-11-23(19)30-26(21)31-15-14-24(25(17-31)32-2)29-20-9-4-3-5-10-20/h6-8,11-13,16,20,24-25,27-29H,3-5,9-10,14-15,17H2,1-2H3/t24-,25+/m1/s1. The number of allylic oxidation sites excluding steroid dienone is 2. The SMILES string of the molecule is CO[C@H]1CN(c2nc3ccccc3cc2C(=N)C=CC(C)=N)CC[C@H]1NC1CCCCC1. The number of benzene rings is 1. The summed E-state index contributed by atoms with van der Waals surface area (Å²) < 4.78 is 5.94. The van der Waals surface area contributed by atoms with E-state index in [1.165, 1.54) is 32.1 Å². The number of piperidine rings is 1. The molecule has 4 rings (SSSR count). The molecule has 1 aromatic carbocycles. The Morgan fingerprint density at radius 2 is 1.91 bits per heavy atom. The molecule has 2 aliphatic rings. The van der Waals surface area contributed by atoms with Gasteiger partial charge >= 0.3 is 0 Å². The first kappa shape index (κ1) is 22.6. The summed E-state index contributed by atoms with van der Waals surface area (Å²) in [6, 6.07) is 11.1. The topological polar surface area (TPSA) is 85.1 Å². The molecule has 0 bridgehead atoms. The Kier molecular flexibility index (Phi) is 7.33. The van der Waals surface area contributed by atoms with Crippen molar-refractivity contribution >= 4 is 28.1 Å². The van der Waals surface area contributed by atoms with Crippen LogP contribution in [0.4, 0.5) is 5.82 Å². The fourth-order valence-corrected chi connectivity index (χ4v) is 4.95. The third kappa shape index (κ3) is 5.25. The van der Waals surface area contributed by atoms with Crippen molar-refractivity contribution in [1.29, 1.82) is 10.8 Å². The molecule has 2 atom stereocenters. The van der Waals surface area contributed by atoms with Gasteiger partial charge in [-0.1, -0.05) is 37.5 Å². The first-order chi connectivity index (χ1) is 15.5. The van der Waals surface area contributed by atoms with Gasteiger partial charge in [0.1, 0.15) is 5.82 Å². The van der Waals surface area contributed by atoms with Gasteiger partial charge in [0.25, 0.3) is 0 Å². The highest BCUT2D eigenvalue weighted by molar-refractivity contribution is 6.13. The van der Waals surface area contributed by atoms with Crippen LogP contribution < -0.4 is 10.2 Å². The summed E-state index contributed by atoms with van der Waals surface area (Å²) >= 11 is 0. The Labute approximate surface area is 191 Å². The minimum atomic E-state index is 0.0837. The summed E-state index contributed by atoms with van der Waals surface area (Å²) in [6.07, 6.45) is 11.0. The molecular formula is C26H35N5O. The molecule has 0 spiro atoms. The minimum absolute atomic E-state index is 0.0837. The maximum atomic E-state index is 8.67. The molecule has 1 aliphatic carbocycles. The molecule has 32 heavy (non-hydrogen) atoms. The fraction of sp³-hybridized carbons (Fsp3) is 0.500. The zero-order valence-corrected chi connectivity index (χ0v) is 19.2.